The predicted molar refractivity (Wildman–Crippen MR) is 94.3 cm³/mol. The molecule has 0 aliphatic heterocycles. The van der Waals surface area contributed by atoms with Crippen molar-refractivity contribution in [2.75, 3.05) is 27.7 Å². The summed E-state index contributed by atoms with van der Waals surface area (Å²) < 4.78 is 5.24. The molecule has 0 aliphatic rings. The molecule has 3 heteroatoms. The maximum atomic E-state index is 13.0. The SMILES string of the molecule is COc1cccc(C(=O)[C@@H](Cc2cccc(C)c2)CN(C)C)c1. The van der Waals surface area contributed by atoms with Gasteiger partial charge >= 0.3 is 0 Å². The van der Waals surface area contributed by atoms with Crippen molar-refractivity contribution in [2.24, 2.45) is 5.92 Å². The van der Waals surface area contributed by atoms with Crippen LogP contribution in [-0.2, 0) is 6.42 Å². The molecule has 0 saturated heterocycles. The van der Waals surface area contributed by atoms with Gasteiger partial charge in [0.2, 0.25) is 0 Å². The Morgan fingerprint density at radius 2 is 1.87 bits per heavy atom. The number of ketones is 1. The highest BCUT2D eigenvalue weighted by molar-refractivity contribution is 5.98. The quantitative estimate of drug-likeness (QED) is 0.732. The number of methoxy groups -OCH3 is 1. The first-order chi connectivity index (χ1) is 11.0. The molecule has 3 nitrogen and oxygen atoms in total. The highest BCUT2D eigenvalue weighted by Gasteiger charge is 2.21. The molecule has 23 heavy (non-hydrogen) atoms. The smallest absolute Gasteiger partial charge is 0.167 e. The number of benzene rings is 2. The summed E-state index contributed by atoms with van der Waals surface area (Å²) in [6, 6.07) is 15.8. The minimum Gasteiger partial charge on any atom is -0.497 e. The van der Waals surface area contributed by atoms with Gasteiger partial charge in [0, 0.05) is 18.0 Å². The predicted octanol–water partition coefficient (Wildman–Crippen LogP) is 3.61. The third kappa shape index (κ3) is 4.93. The van der Waals surface area contributed by atoms with Crippen LogP contribution in [0, 0.1) is 12.8 Å². The van der Waals surface area contributed by atoms with Crippen molar-refractivity contribution >= 4 is 5.78 Å². The number of ether oxygens (including phenoxy) is 1. The lowest BCUT2D eigenvalue weighted by Crippen LogP contribution is -2.29. The van der Waals surface area contributed by atoms with Crippen molar-refractivity contribution in [2.45, 2.75) is 13.3 Å². The van der Waals surface area contributed by atoms with Gasteiger partial charge in [0.1, 0.15) is 5.75 Å². The maximum Gasteiger partial charge on any atom is 0.167 e. The minimum atomic E-state index is -0.0705. The fraction of sp³-hybridized carbons (Fsp3) is 0.350. The van der Waals surface area contributed by atoms with Crippen molar-refractivity contribution in [1.82, 2.24) is 4.90 Å². The van der Waals surface area contributed by atoms with Gasteiger partial charge in [0.05, 0.1) is 7.11 Å². The van der Waals surface area contributed by atoms with E-state index < -0.39 is 0 Å². The van der Waals surface area contributed by atoms with Crippen LogP contribution >= 0.6 is 0 Å². The summed E-state index contributed by atoms with van der Waals surface area (Å²) in [6.45, 7) is 2.80. The van der Waals surface area contributed by atoms with Gasteiger partial charge in [-0.2, -0.15) is 0 Å². The van der Waals surface area contributed by atoms with Gasteiger partial charge < -0.3 is 9.64 Å². The van der Waals surface area contributed by atoms with Gasteiger partial charge in [0.15, 0.2) is 5.78 Å². The van der Waals surface area contributed by atoms with Crippen LogP contribution in [0.5, 0.6) is 5.75 Å². The van der Waals surface area contributed by atoms with E-state index >= 15 is 0 Å². The summed E-state index contributed by atoms with van der Waals surface area (Å²) in [5.74, 6) is 0.813. The molecule has 0 fully saturated rings. The summed E-state index contributed by atoms with van der Waals surface area (Å²) >= 11 is 0. The van der Waals surface area contributed by atoms with E-state index in [0.29, 0.717) is 5.56 Å². The largest absolute Gasteiger partial charge is 0.497 e. The molecular weight excluding hydrogens is 286 g/mol. The summed E-state index contributed by atoms with van der Waals surface area (Å²) in [7, 11) is 5.62. The van der Waals surface area contributed by atoms with E-state index in [1.165, 1.54) is 11.1 Å². The lowest BCUT2D eigenvalue weighted by molar-refractivity contribution is 0.0896. The normalized spacial score (nSPS) is 12.2. The number of hydrogen-bond donors (Lipinski definition) is 0. The van der Waals surface area contributed by atoms with Crippen LogP contribution < -0.4 is 4.74 Å². The summed E-state index contributed by atoms with van der Waals surface area (Å²) in [5.41, 5.74) is 3.14. The van der Waals surface area contributed by atoms with Crippen LogP contribution in [0.3, 0.4) is 0 Å². The molecule has 0 amide bonds. The number of rotatable bonds is 7. The van der Waals surface area contributed by atoms with Crippen molar-refractivity contribution in [3.63, 3.8) is 0 Å². The summed E-state index contributed by atoms with van der Waals surface area (Å²) in [5, 5.41) is 0. The van der Waals surface area contributed by atoms with E-state index in [0.717, 1.165) is 18.7 Å². The molecule has 0 unspecified atom stereocenters. The Hall–Kier alpha value is -2.13. The molecule has 0 saturated carbocycles. The number of carbonyl (C=O) groups is 1. The van der Waals surface area contributed by atoms with Gasteiger partial charge in [0.25, 0.3) is 0 Å². The highest BCUT2D eigenvalue weighted by atomic mass is 16.5. The summed E-state index contributed by atoms with van der Waals surface area (Å²) in [4.78, 5) is 15.0. The first-order valence-corrected chi connectivity index (χ1v) is 7.88. The highest BCUT2D eigenvalue weighted by Crippen LogP contribution is 2.20. The standard InChI is InChI=1S/C20H25NO2/c1-15-7-5-8-16(11-15)12-18(14-21(2)3)20(22)17-9-6-10-19(13-17)23-4/h5-11,13,18H,12,14H2,1-4H3/t18-/m0/s1. The number of aryl methyl sites for hydroxylation is 1. The Labute approximate surface area is 138 Å². The van der Waals surface area contributed by atoms with Crippen molar-refractivity contribution in [3.8, 4) is 5.75 Å². The Morgan fingerprint density at radius 3 is 2.52 bits per heavy atom. The average molecular weight is 311 g/mol. The lowest BCUT2D eigenvalue weighted by Gasteiger charge is -2.20. The molecule has 0 N–H and O–H groups in total. The van der Waals surface area contributed by atoms with Crippen molar-refractivity contribution < 1.29 is 9.53 Å². The van der Waals surface area contributed by atoms with E-state index in [1.807, 2.05) is 44.4 Å². The second-order valence-electron chi connectivity index (χ2n) is 6.25. The Morgan fingerprint density at radius 1 is 1.13 bits per heavy atom. The Balaban J connectivity index is 2.24. The fourth-order valence-corrected chi connectivity index (χ4v) is 2.82. The number of Topliss-reactive ketones (excluding diaryl/α,β-unsaturated/α-hetero) is 1. The van der Waals surface area contributed by atoms with Crippen molar-refractivity contribution in [1.29, 1.82) is 0 Å². The molecule has 0 aliphatic carbocycles. The molecule has 1 atom stereocenters. The molecule has 2 aromatic rings. The van der Waals surface area contributed by atoms with Crippen LogP contribution in [0.4, 0.5) is 0 Å². The minimum absolute atomic E-state index is 0.0705. The average Bonchev–Trinajstić information content (AvgIpc) is 2.53. The van der Waals surface area contributed by atoms with Gasteiger partial charge in [-0.15, -0.1) is 0 Å². The van der Waals surface area contributed by atoms with Gasteiger partial charge in [-0.25, -0.2) is 0 Å². The van der Waals surface area contributed by atoms with E-state index in [4.69, 9.17) is 4.74 Å². The van der Waals surface area contributed by atoms with E-state index in [1.54, 1.807) is 7.11 Å². The zero-order chi connectivity index (χ0) is 16.8. The molecule has 0 radical (unpaired) electrons. The Kier molecular flexibility index (Phi) is 5.94. The molecule has 0 heterocycles. The zero-order valence-corrected chi connectivity index (χ0v) is 14.4. The van der Waals surface area contributed by atoms with E-state index in [-0.39, 0.29) is 11.7 Å². The summed E-state index contributed by atoms with van der Waals surface area (Å²) in [6.07, 6.45) is 0.746. The van der Waals surface area contributed by atoms with Crippen LogP contribution in [0.2, 0.25) is 0 Å². The monoisotopic (exact) mass is 311 g/mol. The van der Waals surface area contributed by atoms with Gasteiger partial charge in [-0.3, -0.25) is 4.79 Å². The molecule has 2 rings (SSSR count). The Bertz CT molecular complexity index is 664. The van der Waals surface area contributed by atoms with E-state index in [9.17, 15) is 4.79 Å². The third-order valence-corrected chi connectivity index (χ3v) is 3.88. The second kappa shape index (κ2) is 7.93. The molecule has 0 bridgehead atoms. The number of hydrogen-bond acceptors (Lipinski definition) is 3. The first kappa shape index (κ1) is 17.2. The van der Waals surface area contributed by atoms with Gasteiger partial charge in [-0.1, -0.05) is 42.0 Å². The van der Waals surface area contributed by atoms with Crippen molar-refractivity contribution in [3.05, 3.63) is 65.2 Å². The van der Waals surface area contributed by atoms with Gasteiger partial charge in [-0.05, 0) is 45.1 Å². The molecule has 122 valence electrons. The molecule has 0 aromatic heterocycles. The first-order valence-electron chi connectivity index (χ1n) is 7.88. The van der Waals surface area contributed by atoms with Crippen LogP contribution in [0.15, 0.2) is 48.5 Å². The third-order valence-electron chi connectivity index (χ3n) is 3.88. The molecule has 0 spiro atoms. The van der Waals surface area contributed by atoms with E-state index in [2.05, 4.69) is 30.0 Å². The van der Waals surface area contributed by atoms with Crippen LogP contribution in [0.25, 0.3) is 0 Å². The number of nitrogens with zero attached hydrogens (tertiary/aromatic N) is 1. The topological polar surface area (TPSA) is 29.5 Å². The maximum absolute atomic E-state index is 13.0. The van der Waals surface area contributed by atoms with Crippen LogP contribution in [-0.4, -0.2) is 38.4 Å². The molecule has 2 aromatic carbocycles. The molecular formula is C20H25NO2. The number of carbonyl (C=O) groups excluding carboxylic acids is 1. The zero-order valence-electron chi connectivity index (χ0n) is 14.4. The second-order valence-corrected chi connectivity index (χ2v) is 6.25. The fourth-order valence-electron chi connectivity index (χ4n) is 2.82. The van der Waals surface area contributed by atoms with Crippen LogP contribution in [0.1, 0.15) is 21.5 Å². The lowest BCUT2D eigenvalue weighted by atomic mass is 9.90.